The fraction of sp³-hybridized carbons (Fsp3) is 0.167. The topological polar surface area (TPSA) is 80.1 Å². The number of fused-ring (bicyclic) bond motifs is 1. The summed E-state index contributed by atoms with van der Waals surface area (Å²) in [4.78, 5) is -0.127. The number of aromatic nitrogens is 4. The van der Waals surface area contributed by atoms with Gasteiger partial charge in [-0.05, 0) is 47.7 Å². The number of furan rings is 1. The first-order chi connectivity index (χ1) is 15.0. The van der Waals surface area contributed by atoms with E-state index in [4.69, 9.17) is 4.42 Å². The Hall–Kier alpha value is -3.84. The number of ether oxygens (including phenoxy) is 1. The number of tetrazole rings is 1. The lowest BCUT2D eigenvalue weighted by Crippen LogP contribution is -2.37. The molecule has 4 rings (SSSR count). The summed E-state index contributed by atoms with van der Waals surface area (Å²) in [6.07, 6.45) is -9.96. The molecule has 32 heavy (non-hydrogen) atoms. The van der Waals surface area contributed by atoms with Crippen molar-refractivity contribution >= 4 is 16.7 Å². The fourth-order valence-corrected chi connectivity index (χ4v) is 2.92. The van der Waals surface area contributed by atoms with Crippen LogP contribution in [0.1, 0.15) is 5.56 Å². The second-order valence-corrected chi connectivity index (χ2v) is 6.42. The van der Waals surface area contributed by atoms with Crippen LogP contribution in [0.25, 0.3) is 22.6 Å². The van der Waals surface area contributed by atoms with Crippen LogP contribution in [0, 0.1) is 5.82 Å². The van der Waals surface area contributed by atoms with E-state index in [9.17, 15) is 30.7 Å². The molecule has 2 aromatic carbocycles. The maximum absolute atomic E-state index is 14.6. The summed E-state index contributed by atoms with van der Waals surface area (Å²) in [6.45, 7) is -0.969. The smallest absolute Gasteiger partial charge is 0.453 e. The molecule has 0 aliphatic heterocycles. The molecule has 0 bridgehead atoms. The molecule has 0 saturated carbocycles. The third kappa shape index (κ3) is 4.58. The normalized spacial score (nSPS) is 12.3. The Bertz CT molecular complexity index is 1220. The van der Waals surface area contributed by atoms with Gasteiger partial charge in [-0.2, -0.15) is 18.4 Å². The van der Waals surface area contributed by atoms with Crippen LogP contribution in [0.15, 0.2) is 46.9 Å². The molecule has 168 valence electrons. The van der Waals surface area contributed by atoms with E-state index in [1.54, 1.807) is 0 Å². The molecule has 0 fully saturated rings. The molecule has 14 heteroatoms. The Morgan fingerprint density at radius 3 is 2.31 bits per heavy atom. The van der Waals surface area contributed by atoms with Gasteiger partial charge in [0.05, 0.1) is 6.54 Å². The van der Waals surface area contributed by atoms with E-state index in [-0.39, 0.29) is 33.0 Å². The van der Waals surface area contributed by atoms with E-state index >= 15 is 0 Å². The minimum absolute atomic E-state index is 0.0706. The molecule has 0 saturated heterocycles. The summed E-state index contributed by atoms with van der Waals surface area (Å²) in [5, 5.41) is 13.2. The first kappa shape index (κ1) is 21.4. The molecule has 0 atom stereocenters. The van der Waals surface area contributed by atoms with E-state index in [0.29, 0.717) is 0 Å². The number of alkyl halides is 6. The lowest BCUT2D eigenvalue weighted by Gasteiger charge is -2.27. The average Bonchev–Trinajstić information content (AvgIpc) is 3.34. The van der Waals surface area contributed by atoms with Crippen molar-refractivity contribution in [2.24, 2.45) is 0 Å². The first-order valence-corrected chi connectivity index (χ1v) is 8.65. The molecule has 4 aromatic rings. The zero-order valence-corrected chi connectivity index (χ0v) is 15.5. The summed E-state index contributed by atoms with van der Waals surface area (Å²) in [5.41, 5.74) is -0.796. The minimum Gasteiger partial charge on any atom is -0.453 e. The Labute approximate surface area is 173 Å². The highest BCUT2D eigenvalue weighted by Gasteiger charge is 2.38. The Kier molecular flexibility index (Phi) is 5.14. The van der Waals surface area contributed by atoms with Crippen LogP contribution in [0.3, 0.4) is 0 Å². The molecular weight excluding hydrogens is 451 g/mol. The molecular formula is C18H10F7N5O2. The van der Waals surface area contributed by atoms with Crippen molar-refractivity contribution in [2.45, 2.75) is 19.2 Å². The standard InChI is InChI=1S/C18H10F7N5O2/c19-13-5-9-6-15(16-26-28-29-27-16)31-14(9)7-10(13)8-30(17(20,21)22)11-1-3-12(4-2-11)32-18(23,24)25/h1-7H,8H2,(H,26,27,28,29). The number of halogens is 7. The van der Waals surface area contributed by atoms with Crippen molar-refractivity contribution in [3.63, 3.8) is 0 Å². The van der Waals surface area contributed by atoms with Gasteiger partial charge < -0.3 is 9.15 Å². The highest BCUT2D eigenvalue weighted by molar-refractivity contribution is 5.82. The Morgan fingerprint density at radius 2 is 1.72 bits per heavy atom. The van der Waals surface area contributed by atoms with Gasteiger partial charge in [0.25, 0.3) is 0 Å². The van der Waals surface area contributed by atoms with Crippen molar-refractivity contribution < 1.29 is 39.9 Å². The maximum Gasteiger partial charge on any atom is 0.573 e. The zero-order valence-electron chi connectivity index (χ0n) is 15.5. The number of rotatable bonds is 5. The van der Waals surface area contributed by atoms with E-state index in [1.807, 2.05) is 0 Å². The van der Waals surface area contributed by atoms with Gasteiger partial charge >= 0.3 is 12.7 Å². The van der Waals surface area contributed by atoms with E-state index in [0.717, 1.165) is 36.4 Å². The van der Waals surface area contributed by atoms with Crippen LogP contribution < -0.4 is 9.64 Å². The van der Waals surface area contributed by atoms with Gasteiger partial charge in [0, 0.05) is 16.6 Å². The molecule has 0 radical (unpaired) electrons. The SMILES string of the molecule is Fc1cc2cc(-c3nn[nH]n3)oc2cc1CN(c1ccc(OC(F)(F)F)cc1)C(F)(F)F. The van der Waals surface area contributed by atoms with Gasteiger partial charge in [0.1, 0.15) is 17.1 Å². The Balaban J connectivity index is 1.65. The molecule has 1 N–H and O–H groups in total. The van der Waals surface area contributed by atoms with E-state index in [2.05, 4.69) is 25.4 Å². The number of hydrogen-bond donors (Lipinski definition) is 1. The van der Waals surface area contributed by atoms with Crippen LogP contribution in [0.5, 0.6) is 5.75 Å². The number of hydrogen-bond acceptors (Lipinski definition) is 6. The molecule has 0 unspecified atom stereocenters. The van der Waals surface area contributed by atoms with Crippen molar-refractivity contribution in [1.29, 1.82) is 0 Å². The third-order valence-electron chi connectivity index (χ3n) is 4.27. The molecule has 0 amide bonds. The predicted molar refractivity (Wildman–Crippen MR) is 94.7 cm³/mol. The van der Waals surface area contributed by atoms with Crippen LogP contribution >= 0.6 is 0 Å². The largest absolute Gasteiger partial charge is 0.573 e. The van der Waals surface area contributed by atoms with Crippen molar-refractivity contribution in [3.8, 4) is 17.3 Å². The molecule has 2 heterocycles. The molecule has 2 aromatic heterocycles. The second kappa shape index (κ2) is 7.69. The maximum atomic E-state index is 14.6. The van der Waals surface area contributed by atoms with Crippen molar-refractivity contribution in [3.05, 3.63) is 53.8 Å². The highest BCUT2D eigenvalue weighted by atomic mass is 19.4. The number of benzene rings is 2. The number of nitrogens with zero attached hydrogens (tertiary/aromatic N) is 4. The number of nitrogens with one attached hydrogen (secondary N) is 1. The summed E-state index contributed by atoms with van der Waals surface area (Å²) < 4.78 is 101. The van der Waals surface area contributed by atoms with Gasteiger partial charge in [-0.25, -0.2) is 4.39 Å². The van der Waals surface area contributed by atoms with Gasteiger partial charge in [0.15, 0.2) is 5.76 Å². The summed E-state index contributed by atoms with van der Waals surface area (Å²) >= 11 is 0. The Morgan fingerprint density at radius 1 is 1.00 bits per heavy atom. The second-order valence-electron chi connectivity index (χ2n) is 6.42. The van der Waals surface area contributed by atoms with E-state index < -0.39 is 36.5 Å². The van der Waals surface area contributed by atoms with Gasteiger partial charge in [-0.3, -0.25) is 4.90 Å². The average molecular weight is 461 g/mol. The van der Waals surface area contributed by atoms with Gasteiger partial charge in [0.2, 0.25) is 5.82 Å². The predicted octanol–water partition coefficient (Wildman–Crippen LogP) is 5.18. The van der Waals surface area contributed by atoms with Crippen LogP contribution in [-0.4, -0.2) is 33.3 Å². The van der Waals surface area contributed by atoms with E-state index in [1.165, 1.54) is 6.07 Å². The summed E-state index contributed by atoms with van der Waals surface area (Å²) in [6, 6.07) is 6.50. The quantitative estimate of drug-likeness (QED) is 0.326. The van der Waals surface area contributed by atoms with Crippen LogP contribution in [0.2, 0.25) is 0 Å². The summed E-state index contributed by atoms with van der Waals surface area (Å²) in [7, 11) is 0. The van der Waals surface area contributed by atoms with Gasteiger partial charge in [-0.15, -0.1) is 23.4 Å². The van der Waals surface area contributed by atoms with Gasteiger partial charge in [-0.1, -0.05) is 0 Å². The lowest BCUT2D eigenvalue weighted by molar-refractivity contribution is -0.274. The van der Waals surface area contributed by atoms with Crippen LogP contribution in [-0.2, 0) is 6.54 Å². The monoisotopic (exact) mass is 461 g/mol. The molecule has 0 aliphatic carbocycles. The summed E-state index contributed by atoms with van der Waals surface area (Å²) in [5.74, 6) is -1.44. The lowest BCUT2D eigenvalue weighted by atomic mass is 10.1. The molecule has 0 spiro atoms. The first-order valence-electron chi connectivity index (χ1n) is 8.65. The molecule has 0 aliphatic rings. The number of anilines is 1. The van der Waals surface area contributed by atoms with Crippen LogP contribution in [0.4, 0.5) is 36.4 Å². The van der Waals surface area contributed by atoms with Crippen molar-refractivity contribution in [1.82, 2.24) is 20.6 Å². The van der Waals surface area contributed by atoms with Crippen molar-refractivity contribution in [2.75, 3.05) is 4.90 Å². The molecule has 7 nitrogen and oxygen atoms in total. The number of H-pyrrole nitrogens is 1. The fourth-order valence-electron chi connectivity index (χ4n) is 2.92. The minimum atomic E-state index is -4.99. The highest BCUT2D eigenvalue weighted by Crippen LogP contribution is 2.34. The zero-order chi connectivity index (χ0) is 23.1. The number of aromatic amines is 1. The third-order valence-corrected chi connectivity index (χ3v) is 4.27.